The average Bonchev–Trinajstić information content (AvgIpc) is 2.85. The fourth-order valence-corrected chi connectivity index (χ4v) is 3.24. The molecule has 0 bridgehead atoms. The number of hydrogen-bond acceptors (Lipinski definition) is 4. The van der Waals surface area contributed by atoms with Gasteiger partial charge in [-0.2, -0.15) is 5.10 Å². The molecule has 2 aromatic rings. The van der Waals surface area contributed by atoms with Crippen LogP contribution in [0, 0.1) is 6.92 Å². The van der Waals surface area contributed by atoms with Crippen molar-refractivity contribution in [1.82, 2.24) is 9.78 Å². The van der Waals surface area contributed by atoms with Crippen LogP contribution in [0.25, 0.3) is 0 Å². The van der Waals surface area contributed by atoms with E-state index in [4.69, 9.17) is 18.0 Å². The zero-order chi connectivity index (χ0) is 15.2. The second-order valence-corrected chi connectivity index (χ2v) is 6.43. The number of thioether (sulfide) groups is 1. The third kappa shape index (κ3) is 4.22. The first-order chi connectivity index (χ1) is 10.1. The minimum atomic E-state index is 0.434. The van der Waals surface area contributed by atoms with Crippen LogP contribution in [0.2, 0.25) is 0 Å². The first-order valence-corrected chi connectivity index (χ1v) is 8.29. The Labute approximate surface area is 135 Å². The maximum absolute atomic E-state index is 5.89. The highest BCUT2D eigenvalue weighted by Crippen LogP contribution is 2.28. The molecule has 1 aromatic carbocycles. The predicted molar refractivity (Wildman–Crippen MR) is 94.2 cm³/mol. The Bertz CT molecular complexity index is 622. The molecular formula is C15H20N4S2. The summed E-state index contributed by atoms with van der Waals surface area (Å²) in [6.07, 6.45) is 3.89. The molecular weight excluding hydrogens is 300 g/mol. The summed E-state index contributed by atoms with van der Waals surface area (Å²) < 4.78 is 1.92. The van der Waals surface area contributed by atoms with Crippen molar-refractivity contribution in [2.24, 2.45) is 5.73 Å². The molecule has 0 aliphatic rings. The van der Waals surface area contributed by atoms with Crippen LogP contribution in [0.1, 0.15) is 18.1 Å². The molecule has 0 aliphatic heterocycles. The highest BCUT2D eigenvalue weighted by molar-refractivity contribution is 7.99. The summed E-state index contributed by atoms with van der Waals surface area (Å²) in [5, 5.41) is 7.68. The van der Waals surface area contributed by atoms with Crippen LogP contribution in [-0.2, 0) is 6.54 Å². The number of aryl methyl sites for hydroxylation is 1. The summed E-state index contributed by atoms with van der Waals surface area (Å²) in [5.74, 6) is 0.992. The van der Waals surface area contributed by atoms with Gasteiger partial charge in [0.15, 0.2) is 0 Å². The Hall–Kier alpha value is -1.53. The van der Waals surface area contributed by atoms with Gasteiger partial charge in [-0.3, -0.25) is 4.68 Å². The maximum Gasteiger partial charge on any atom is 0.107 e. The van der Waals surface area contributed by atoms with Crippen LogP contribution in [0.15, 0.2) is 35.5 Å². The number of nitrogens with one attached hydrogen (secondary N) is 1. The van der Waals surface area contributed by atoms with Crippen molar-refractivity contribution >= 4 is 34.7 Å². The van der Waals surface area contributed by atoms with Gasteiger partial charge in [0.1, 0.15) is 4.99 Å². The Morgan fingerprint density at radius 1 is 1.48 bits per heavy atom. The van der Waals surface area contributed by atoms with Crippen molar-refractivity contribution in [3.05, 3.63) is 41.7 Å². The van der Waals surface area contributed by atoms with Gasteiger partial charge < -0.3 is 11.1 Å². The van der Waals surface area contributed by atoms with Crippen molar-refractivity contribution in [1.29, 1.82) is 0 Å². The van der Waals surface area contributed by atoms with Crippen molar-refractivity contribution in [3.8, 4) is 0 Å². The van der Waals surface area contributed by atoms with E-state index < -0.39 is 0 Å². The molecule has 0 atom stereocenters. The van der Waals surface area contributed by atoms with Gasteiger partial charge in [-0.1, -0.05) is 25.2 Å². The normalized spacial score (nSPS) is 10.6. The number of hydrogen-bond donors (Lipinski definition) is 2. The van der Waals surface area contributed by atoms with Gasteiger partial charge in [-0.25, -0.2) is 0 Å². The lowest BCUT2D eigenvalue weighted by molar-refractivity contribution is 0.637. The molecule has 0 saturated carbocycles. The van der Waals surface area contributed by atoms with E-state index >= 15 is 0 Å². The summed E-state index contributed by atoms with van der Waals surface area (Å²) in [6.45, 7) is 5.73. The molecule has 0 fully saturated rings. The molecule has 1 aromatic heterocycles. The molecule has 6 heteroatoms. The largest absolute Gasteiger partial charge is 0.389 e. The van der Waals surface area contributed by atoms with E-state index in [1.54, 1.807) is 11.8 Å². The molecule has 0 unspecified atom stereocenters. The zero-order valence-corrected chi connectivity index (χ0v) is 13.9. The number of aromatic nitrogens is 2. The Morgan fingerprint density at radius 3 is 2.90 bits per heavy atom. The summed E-state index contributed by atoms with van der Waals surface area (Å²) >= 11 is 6.96. The Balaban J connectivity index is 2.08. The lowest BCUT2D eigenvalue weighted by Crippen LogP contribution is -2.17. The first-order valence-electron chi connectivity index (χ1n) is 6.90. The first kappa shape index (κ1) is 15.9. The van der Waals surface area contributed by atoms with E-state index in [-0.39, 0.29) is 0 Å². The van der Waals surface area contributed by atoms with Crippen molar-refractivity contribution in [3.63, 3.8) is 0 Å². The van der Waals surface area contributed by atoms with Crippen LogP contribution in [0.5, 0.6) is 0 Å². The van der Waals surface area contributed by atoms with Gasteiger partial charge in [0.05, 0.1) is 12.7 Å². The zero-order valence-electron chi connectivity index (χ0n) is 12.3. The smallest absolute Gasteiger partial charge is 0.107 e. The average molecular weight is 320 g/mol. The summed E-state index contributed by atoms with van der Waals surface area (Å²) in [6, 6.07) is 6.10. The topological polar surface area (TPSA) is 55.9 Å². The van der Waals surface area contributed by atoms with E-state index in [1.165, 1.54) is 5.56 Å². The van der Waals surface area contributed by atoms with E-state index in [0.717, 1.165) is 35.0 Å². The molecule has 0 aliphatic carbocycles. The van der Waals surface area contributed by atoms with Crippen molar-refractivity contribution in [2.75, 3.05) is 17.6 Å². The standard InChI is InChI=1S/C15H20N4S2/c1-3-21-13-6-4-5-12(14(13)15(16)20)17-7-8-19-10-11(2)9-18-19/h4-6,9-10,17H,3,7-8H2,1-2H3,(H2,16,20). The van der Waals surface area contributed by atoms with Gasteiger partial charge in [-0.15, -0.1) is 11.8 Å². The van der Waals surface area contributed by atoms with Crippen LogP contribution >= 0.6 is 24.0 Å². The fraction of sp³-hybridized carbons (Fsp3) is 0.333. The van der Waals surface area contributed by atoms with Crippen molar-refractivity contribution < 1.29 is 0 Å². The molecule has 3 N–H and O–H groups in total. The highest BCUT2D eigenvalue weighted by Gasteiger charge is 2.10. The van der Waals surface area contributed by atoms with Crippen LogP contribution in [-0.4, -0.2) is 27.1 Å². The lowest BCUT2D eigenvalue weighted by atomic mass is 10.1. The summed E-state index contributed by atoms with van der Waals surface area (Å²) in [7, 11) is 0. The van der Waals surface area contributed by atoms with E-state index in [2.05, 4.69) is 23.4 Å². The monoisotopic (exact) mass is 320 g/mol. The number of thiocarbonyl (C=S) groups is 1. The van der Waals surface area contributed by atoms with E-state index in [1.807, 2.05) is 36.1 Å². The minimum Gasteiger partial charge on any atom is -0.389 e. The molecule has 112 valence electrons. The van der Waals surface area contributed by atoms with Crippen LogP contribution < -0.4 is 11.1 Å². The number of anilines is 1. The maximum atomic E-state index is 5.89. The molecule has 0 radical (unpaired) electrons. The van der Waals surface area contributed by atoms with E-state index in [9.17, 15) is 0 Å². The quantitative estimate of drug-likeness (QED) is 0.606. The SMILES string of the molecule is CCSc1cccc(NCCn2cc(C)cn2)c1C(N)=S. The molecule has 2 rings (SSSR count). The van der Waals surface area contributed by atoms with Gasteiger partial charge in [0, 0.05) is 28.9 Å². The summed E-state index contributed by atoms with van der Waals surface area (Å²) in [5.41, 5.74) is 8.99. The van der Waals surface area contributed by atoms with Gasteiger partial charge >= 0.3 is 0 Å². The van der Waals surface area contributed by atoms with Crippen LogP contribution in [0.3, 0.4) is 0 Å². The van der Waals surface area contributed by atoms with Crippen LogP contribution in [0.4, 0.5) is 5.69 Å². The second kappa shape index (κ2) is 7.47. The molecule has 0 spiro atoms. The van der Waals surface area contributed by atoms with Crippen molar-refractivity contribution in [2.45, 2.75) is 25.3 Å². The third-order valence-corrected chi connectivity index (χ3v) is 4.14. The van der Waals surface area contributed by atoms with Gasteiger partial charge in [0.2, 0.25) is 0 Å². The number of nitrogens with two attached hydrogens (primary N) is 1. The Kier molecular flexibility index (Phi) is 5.64. The second-order valence-electron chi connectivity index (χ2n) is 4.68. The number of nitrogens with zero attached hydrogens (tertiary/aromatic N) is 2. The molecule has 0 saturated heterocycles. The molecule has 0 amide bonds. The summed E-state index contributed by atoms with van der Waals surface area (Å²) in [4.78, 5) is 1.56. The number of benzene rings is 1. The predicted octanol–water partition coefficient (Wildman–Crippen LogP) is 3.05. The minimum absolute atomic E-state index is 0.434. The fourth-order valence-electron chi connectivity index (χ4n) is 2.10. The Morgan fingerprint density at radius 2 is 2.29 bits per heavy atom. The highest BCUT2D eigenvalue weighted by atomic mass is 32.2. The third-order valence-electron chi connectivity index (χ3n) is 2.99. The van der Waals surface area contributed by atoms with Gasteiger partial charge in [0.25, 0.3) is 0 Å². The molecule has 4 nitrogen and oxygen atoms in total. The number of rotatable bonds is 7. The van der Waals surface area contributed by atoms with Gasteiger partial charge in [-0.05, 0) is 30.4 Å². The molecule has 1 heterocycles. The lowest BCUT2D eigenvalue weighted by Gasteiger charge is -2.14. The molecule has 21 heavy (non-hydrogen) atoms. The van der Waals surface area contributed by atoms with E-state index in [0.29, 0.717) is 4.99 Å².